The number of nitrogens with zero attached hydrogens (tertiary/aromatic N) is 2. The lowest BCUT2D eigenvalue weighted by Gasteiger charge is -2.26. The van der Waals surface area contributed by atoms with Crippen LogP contribution in [0.5, 0.6) is 0 Å². The Hall–Kier alpha value is -0.160. The Morgan fingerprint density at radius 1 is 1.56 bits per heavy atom. The summed E-state index contributed by atoms with van der Waals surface area (Å²) in [6.07, 6.45) is 4.33. The average Bonchev–Trinajstić information content (AvgIpc) is 2.65. The van der Waals surface area contributed by atoms with Gasteiger partial charge in [0.2, 0.25) is 0 Å². The first kappa shape index (κ1) is 12.3. The summed E-state index contributed by atoms with van der Waals surface area (Å²) in [5.41, 5.74) is 0. The molecule has 2 heterocycles. The van der Waals surface area contributed by atoms with Crippen LogP contribution >= 0.6 is 22.9 Å². The van der Waals surface area contributed by atoms with Crippen LogP contribution in [0.4, 0.5) is 0 Å². The Morgan fingerprint density at radius 2 is 2.31 bits per heavy atom. The van der Waals surface area contributed by atoms with E-state index in [1.54, 1.807) is 17.5 Å². The number of nitrogens with one attached hydrogen (secondary N) is 1. The van der Waals surface area contributed by atoms with E-state index in [1.807, 2.05) is 0 Å². The Balaban J connectivity index is 1.77. The topological polar surface area (TPSA) is 28.2 Å². The molecule has 0 amide bonds. The molecule has 1 fully saturated rings. The van der Waals surface area contributed by atoms with Crippen molar-refractivity contribution in [1.29, 1.82) is 0 Å². The predicted octanol–water partition coefficient (Wildman–Crippen LogP) is 2.23. The van der Waals surface area contributed by atoms with Crippen LogP contribution in [-0.2, 0) is 6.54 Å². The van der Waals surface area contributed by atoms with Crippen molar-refractivity contribution in [3.05, 3.63) is 15.5 Å². The van der Waals surface area contributed by atoms with E-state index in [-0.39, 0.29) is 0 Å². The first-order valence-electron chi connectivity index (χ1n) is 5.73. The second kappa shape index (κ2) is 5.96. The van der Waals surface area contributed by atoms with E-state index in [1.165, 1.54) is 32.5 Å². The number of thiazole rings is 1. The van der Waals surface area contributed by atoms with Gasteiger partial charge in [-0.2, -0.15) is 0 Å². The molecule has 0 radical (unpaired) electrons. The number of hydrogen-bond acceptors (Lipinski definition) is 4. The van der Waals surface area contributed by atoms with Crippen LogP contribution in [0.2, 0.25) is 4.34 Å². The molecular formula is C11H18ClN3S. The summed E-state index contributed by atoms with van der Waals surface area (Å²) in [5, 5.41) is 4.51. The van der Waals surface area contributed by atoms with Gasteiger partial charge < -0.3 is 5.32 Å². The molecule has 0 atom stereocenters. The van der Waals surface area contributed by atoms with Gasteiger partial charge >= 0.3 is 0 Å². The molecule has 0 bridgehead atoms. The third kappa shape index (κ3) is 3.70. The first-order chi connectivity index (χ1) is 7.74. The molecule has 90 valence electrons. The molecule has 3 nitrogen and oxygen atoms in total. The minimum atomic E-state index is 0.783. The molecule has 1 aliphatic heterocycles. The van der Waals surface area contributed by atoms with Gasteiger partial charge in [-0.25, -0.2) is 4.98 Å². The van der Waals surface area contributed by atoms with Gasteiger partial charge in [-0.15, -0.1) is 11.3 Å². The maximum atomic E-state index is 5.86. The van der Waals surface area contributed by atoms with Crippen LogP contribution < -0.4 is 5.32 Å². The van der Waals surface area contributed by atoms with Gasteiger partial charge in [-0.3, -0.25) is 4.90 Å². The fraction of sp³-hybridized carbons (Fsp3) is 0.727. The lowest BCUT2D eigenvalue weighted by molar-refractivity contribution is 0.234. The van der Waals surface area contributed by atoms with E-state index >= 15 is 0 Å². The van der Waals surface area contributed by atoms with E-state index in [0.717, 1.165) is 21.8 Å². The van der Waals surface area contributed by atoms with Gasteiger partial charge in [-0.05, 0) is 38.9 Å². The first-order valence-corrected chi connectivity index (χ1v) is 6.93. The van der Waals surface area contributed by atoms with Crippen molar-refractivity contribution in [1.82, 2.24) is 15.2 Å². The number of halogens is 1. The highest BCUT2D eigenvalue weighted by atomic mass is 35.5. The van der Waals surface area contributed by atoms with Crippen LogP contribution in [0.1, 0.15) is 17.8 Å². The van der Waals surface area contributed by atoms with E-state index in [4.69, 9.17) is 11.6 Å². The van der Waals surface area contributed by atoms with Crippen LogP contribution in [0, 0.1) is 5.92 Å². The second-order valence-electron chi connectivity index (χ2n) is 4.45. The SMILES string of the molecule is CN(Cc1ncc(Cl)s1)CC1CCNCC1. The summed E-state index contributed by atoms with van der Waals surface area (Å²) in [5.74, 6) is 0.835. The molecule has 1 N–H and O–H groups in total. The summed E-state index contributed by atoms with van der Waals surface area (Å²) < 4.78 is 0.783. The normalized spacial score (nSPS) is 18.2. The standard InChI is InChI=1S/C11H18ClN3S/c1-15(7-9-2-4-13-5-3-9)8-11-14-6-10(12)16-11/h6,9,13H,2-5,7-8H2,1H3. The van der Waals surface area contributed by atoms with Gasteiger partial charge in [0.15, 0.2) is 0 Å². The molecule has 1 aromatic rings. The summed E-state index contributed by atoms with van der Waals surface area (Å²) in [4.78, 5) is 6.63. The number of piperidine rings is 1. The van der Waals surface area contributed by atoms with Crippen molar-refractivity contribution in [2.45, 2.75) is 19.4 Å². The van der Waals surface area contributed by atoms with Crippen molar-refractivity contribution < 1.29 is 0 Å². The molecule has 5 heteroatoms. The highest BCUT2D eigenvalue weighted by Gasteiger charge is 2.15. The third-order valence-corrected chi connectivity index (χ3v) is 4.06. The van der Waals surface area contributed by atoms with Gasteiger partial charge in [0.25, 0.3) is 0 Å². The largest absolute Gasteiger partial charge is 0.317 e. The minimum Gasteiger partial charge on any atom is -0.317 e. The highest BCUT2D eigenvalue weighted by molar-refractivity contribution is 7.15. The van der Waals surface area contributed by atoms with Crippen molar-refractivity contribution in [3.63, 3.8) is 0 Å². The van der Waals surface area contributed by atoms with Crippen LogP contribution in [-0.4, -0.2) is 36.6 Å². The zero-order valence-corrected chi connectivity index (χ0v) is 11.2. The summed E-state index contributed by atoms with van der Waals surface area (Å²) in [6, 6.07) is 0. The van der Waals surface area contributed by atoms with Crippen molar-refractivity contribution in [3.8, 4) is 0 Å². The van der Waals surface area contributed by atoms with Gasteiger partial charge in [0.1, 0.15) is 9.34 Å². The van der Waals surface area contributed by atoms with Crippen LogP contribution in [0.25, 0.3) is 0 Å². The third-order valence-electron chi connectivity index (χ3n) is 2.96. The molecule has 0 spiro atoms. The maximum absolute atomic E-state index is 5.86. The number of hydrogen-bond donors (Lipinski definition) is 1. The molecule has 1 aromatic heterocycles. The fourth-order valence-electron chi connectivity index (χ4n) is 2.16. The molecule has 0 aliphatic carbocycles. The fourth-order valence-corrected chi connectivity index (χ4v) is 3.20. The van der Waals surface area contributed by atoms with Crippen LogP contribution in [0.3, 0.4) is 0 Å². The second-order valence-corrected chi connectivity index (χ2v) is 6.19. The monoisotopic (exact) mass is 259 g/mol. The average molecular weight is 260 g/mol. The van der Waals surface area contributed by atoms with E-state index < -0.39 is 0 Å². The van der Waals surface area contributed by atoms with E-state index in [9.17, 15) is 0 Å². The zero-order chi connectivity index (χ0) is 11.4. The molecule has 1 aliphatic rings. The van der Waals surface area contributed by atoms with Gasteiger partial charge in [0, 0.05) is 6.54 Å². The Bertz CT molecular complexity index is 323. The molecule has 0 saturated carbocycles. The van der Waals surface area contributed by atoms with Crippen LogP contribution in [0.15, 0.2) is 6.20 Å². The Morgan fingerprint density at radius 3 is 2.94 bits per heavy atom. The van der Waals surface area contributed by atoms with E-state index in [0.29, 0.717) is 0 Å². The Labute approximate surface area is 106 Å². The van der Waals surface area contributed by atoms with Crippen molar-refractivity contribution in [2.75, 3.05) is 26.7 Å². The molecule has 2 rings (SSSR count). The Kier molecular flexibility index (Phi) is 4.58. The van der Waals surface area contributed by atoms with E-state index in [2.05, 4.69) is 22.2 Å². The summed E-state index contributed by atoms with van der Waals surface area (Å²) in [7, 11) is 2.16. The van der Waals surface area contributed by atoms with Gasteiger partial charge in [-0.1, -0.05) is 11.6 Å². The lowest BCUT2D eigenvalue weighted by atomic mass is 9.98. The van der Waals surface area contributed by atoms with Gasteiger partial charge in [0.05, 0.1) is 12.7 Å². The van der Waals surface area contributed by atoms with Crippen molar-refractivity contribution in [2.24, 2.45) is 5.92 Å². The quantitative estimate of drug-likeness (QED) is 0.899. The molecular weight excluding hydrogens is 242 g/mol. The maximum Gasteiger partial charge on any atom is 0.113 e. The summed E-state index contributed by atoms with van der Waals surface area (Å²) in [6.45, 7) is 4.42. The molecule has 16 heavy (non-hydrogen) atoms. The lowest BCUT2D eigenvalue weighted by Crippen LogP contribution is -2.34. The van der Waals surface area contributed by atoms with Crippen molar-refractivity contribution >= 4 is 22.9 Å². The number of aromatic nitrogens is 1. The minimum absolute atomic E-state index is 0.783. The number of rotatable bonds is 4. The highest BCUT2D eigenvalue weighted by Crippen LogP contribution is 2.20. The summed E-state index contributed by atoms with van der Waals surface area (Å²) >= 11 is 7.44. The zero-order valence-electron chi connectivity index (χ0n) is 9.58. The molecule has 1 saturated heterocycles. The molecule has 0 aromatic carbocycles. The predicted molar refractivity (Wildman–Crippen MR) is 69.1 cm³/mol. The molecule has 0 unspecified atom stereocenters. The smallest absolute Gasteiger partial charge is 0.113 e.